The fourth-order valence-electron chi connectivity index (χ4n) is 2.04. The minimum Gasteiger partial charge on any atom is -0.397 e. The fraction of sp³-hybridized carbons (Fsp3) is 0.417. The van der Waals surface area contributed by atoms with Crippen LogP contribution in [0.1, 0.15) is 0 Å². The van der Waals surface area contributed by atoms with Gasteiger partial charge in [-0.2, -0.15) is 5.10 Å². The van der Waals surface area contributed by atoms with E-state index < -0.39 is 0 Å². The van der Waals surface area contributed by atoms with Gasteiger partial charge in [0.1, 0.15) is 0 Å². The molecule has 0 spiro atoms. The zero-order valence-electron chi connectivity index (χ0n) is 9.98. The first-order valence-electron chi connectivity index (χ1n) is 5.99. The standard InChI is InChI=1S/C12H16N4O2/c13-10-3-8-5-15-16-11(8)4-12(10)14-6-9-7-17-1-2-18-9/h3-5,9,14H,1-2,6-7,13H2,(H,15,16). The molecule has 0 aliphatic carbocycles. The van der Waals surface area contributed by atoms with Crippen molar-refractivity contribution in [3.8, 4) is 0 Å². The Morgan fingerprint density at radius 1 is 1.44 bits per heavy atom. The lowest BCUT2D eigenvalue weighted by atomic mass is 10.2. The minimum atomic E-state index is 0.0793. The third-order valence-electron chi connectivity index (χ3n) is 3.02. The normalized spacial score (nSPS) is 20.1. The molecule has 3 rings (SSSR count). The molecule has 0 radical (unpaired) electrons. The van der Waals surface area contributed by atoms with Crippen molar-refractivity contribution in [3.63, 3.8) is 0 Å². The van der Waals surface area contributed by atoms with Crippen LogP contribution in [0.5, 0.6) is 0 Å². The van der Waals surface area contributed by atoms with E-state index in [-0.39, 0.29) is 6.10 Å². The summed E-state index contributed by atoms with van der Waals surface area (Å²) in [5.74, 6) is 0. The summed E-state index contributed by atoms with van der Waals surface area (Å²) in [6.07, 6.45) is 1.84. The van der Waals surface area contributed by atoms with Gasteiger partial charge in [-0.25, -0.2) is 0 Å². The summed E-state index contributed by atoms with van der Waals surface area (Å²) < 4.78 is 10.9. The third-order valence-corrected chi connectivity index (χ3v) is 3.02. The van der Waals surface area contributed by atoms with E-state index in [2.05, 4.69) is 15.5 Å². The zero-order chi connectivity index (χ0) is 12.4. The summed E-state index contributed by atoms with van der Waals surface area (Å²) in [5, 5.41) is 11.2. The molecule has 2 aromatic rings. The number of hydrogen-bond donors (Lipinski definition) is 3. The monoisotopic (exact) mass is 248 g/mol. The van der Waals surface area contributed by atoms with Gasteiger partial charge in [-0.05, 0) is 12.1 Å². The molecule has 6 heteroatoms. The first-order valence-corrected chi connectivity index (χ1v) is 5.99. The molecule has 0 bridgehead atoms. The topological polar surface area (TPSA) is 85.2 Å². The maximum atomic E-state index is 5.99. The van der Waals surface area contributed by atoms with Crippen LogP contribution < -0.4 is 11.1 Å². The van der Waals surface area contributed by atoms with Crippen molar-refractivity contribution in [1.29, 1.82) is 0 Å². The number of nitrogen functional groups attached to an aromatic ring is 1. The van der Waals surface area contributed by atoms with Crippen molar-refractivity contribution in [2.24, 2.45) is 0 Å². The van der Waals surface area contributed by atoms with Crippen LogP contribution in [0.25, 0.3) is 10.9 Å². The van der Waals surface area contributed by atoms with Crippen molar-refractivity contribution in [2.45, 2.75) is 6.10 Å². The third kappa shape index (κ3) is 2.25. The number of fused-ring (bicyclic) bond motifs is 1. The van der Waals surface area contributed by atoms with Gasteiger partial charge in [-0.1, -0.05) is 0 Å². The second kappa shape index (κ2) is 4.83. The number of nitrogens with two attached hydrogens (primary N) is 1. The summed E-state index contributed by atoms with van der Waals surface area (Å²) in [4.78, 5) is 0. The molecular weight excluding hydrogens is 232 g/mol. The number of rotatable bonds is 3. The zero-order valence-corrected chi connectivity index (χ0v) is 9.98. The van der Waals surface area contributed by atoms with E-state index in [0.29, 0.717) is 32.1 Å². The van der Waals surface area contributed by atoms with Gasteiger partial charge in [0, 0.05) is 11.9 Å². The van der Waals surface area contributed by atoms with Gasteiger partial charge in [0.2, 0.25) is 0 Å². The summed E-state index contributed by atoms with van der Waals surface area (Å²) >= 11 is 0. The highest BCUT2D eigenvalue weighted by molar-refractivity contribution is 5.88. The molecule has 1 aromatic carbocycles. The lowest BCUT2D eigenvalue weighted by molar-refractivity contribution is -0.0818. The second-order valence-electron chi connectivity index (χ2n) is 4.35. The predicted octanol–water partition coefficient (Wildman–Crippen LogP) is 0.972. The molecule has 1 aliphatic heterocycles. The smallest absolute Gasteiger partial charge is 0.0981 e. The molecule has 18 heavy (non-hydrogen) atoms. The molecule has 6 nitrogen and oxygen atoms in total. The first-order chi connectivity index (χ1) is 8.83. The molecule has 1 atom stereocenters. The number of H-pyrrole nitrogens is 1. The molecule has 2 heterocycles. The Balaban J connectivity index is 1.71. The van der Waals surface area contributed by atoms with Crippen molar-refractivity contribution in [2.75, 3.05) is 37.4 Å². The summed E-state index contributed by atoms with van der Waals surface area (Å²) in [7, 11) is 0. The fourth-order valence-corrected chi connectivity index (χ4v) is 2.04. The van der Waals surface area contributed by atoms with Gasteiger partial charge in [-0.15, -0.1) is 0 Å². The summed E-state index contributed by atoms with van der Waals surface area (Å²) in [6.45, 7) is 2.64. The van der Waals surface area contributed by atoms with Gasteiger partial charge in [0.05, 0.1) is 49.0 Å². The van der Waals surface area contributed by atoms with E-state index >= 15 is 0 Å². The minimum absolute atomic E-state index is 0.0793. The number of anilines is 2. The average molecular weight is 248 g/mol. The summed E-state index contributed by atoms with van der Waals surface area (Å²) in [5.41, 5.74) is 8.55. The van der Waals surface area contributed by atoms with Crippen LogP contribution in [0.2, 0.25) is 0 Å². The number of nitrogens with one attached hydrogen (secondary N) is 2. The van der Waals surface area contributed by atoms with E-state index in [1.807, 2.05) is 12.1 Å². The molecule has 1 saturated heterocycles. The second-order valence-corrected chi connectivity index (χ2v) is 4.35. The van der Waals surface area contributed by atoms with Crippen LogP contribution in [0.15, 0.2) is 18.3 Å². The molecule has 1 unspecified atom stereocenters. The maximum absolute atomic E-state index is 5.99. The van der Waals surface area contributed by atoms with E-state index in [0.717, 1.165) is 16.6 Å². The van der Waals surface area contributed by atoms with Crippen LogP contribution in [-0.4, -0.2) is 42.7 Å². The Kier molecular flexibility index (Phi) is 3.04. The average Bonchev–Trinajstić information content (AvgIpc) is 2.84. The van der Waals surface area contributed by atoms with Crippen LogP contribution in [0, 0.1) is 0 Å². The predicted molar refractivity (Wildman–Crippen MR) is 69.6 cm³/mol. The number of aromatic amines is 1. The molecule has 4 N–H and O–H groups in total. The quantitative estimate of drug-likeness (QED) is 0.705. The molecular formula is C12H16N4O2. The van der Waals surface area contributed by atoms with Gasteiger partial charge >= 0.3 is 0 Å². The molecule has 1 fully saturated rings. The lowest BCUT2D eigenvalue weighted by Crippen LogP contribution is -2.34. The van der Waals surface area contributed by atoms with Gasteiger partial charge < -0.3 is 20.5 Å². The maximum Gasteiger partial charge on any atom is 0.0981 e. The lowest BCUT2D eigenvalue weighted by Gasteiger charge is -2.23. The van der Waals surface area contributed by atoms with Gasteiger partial charge in [0.15, 0.2) is 0 Å². The Hall–Kier alpha value is -1.79. The number of ether oxygens (including phenoxy) is 2. The molecule has 96 valence electrons. The van der Waals surface area contributed by atoms with Crippen molar-refractivity contribution in [3.05, 3.63) is 18.3 Å². The Morgan fingerprint density at radius 3 is 3.22 bits per heavy atom. The van der Waals surface area contributed by atoms with E-state index in [4.69, 9.17) is 15.2 Å². The number of hydrogen-bond acceptors (Lipinski definition) is 5. The van der Waals surface area contributed by atoms with Crippen molar-refractivity contribution >= 4 is 22.3 Å². The van der Waals surface area contributed by atoms with Crippen LogP contribution in [-0.2, 0) is 9.47 Å². The van der Waals surface area contributed by atoms with Crippen molar-refractivity contribution in [1.82, 2.24) is 10.2 Å². The number of aromatic nitrogens is 2. The van der Waals surface area contributed by atoms with Crippen LogP contribution in [0.3, 0.4) is 0 Å². The molecule has 0 saturated carbocycles. The Bertz CT molecular complexity index is 534. The molecule has 1 aromatic heterocycles. The van der Waals surface area contributed by atoms with E-state index in [9.17, 15) is 0 Å². The van der Waals surface area contributed by atoms with Crippen molar-refractivity contribution < 1.29 is 9.47 Å². The molecule has 0 amide bonds. The number of nitrogens with zero attached hydrogens (tertiary/aromatic N) is 1. The Labute approximate surface area is 104 Å². The van der Waals surface area contributed by atoms with Gasteiger partial charge in [0.25, 0.3) is 0 Å². The van der Waals surface area contributed by atoms with Gasteiger partial charge in [-0.3, -0.25) is 5.10 Å². The SMILES string of the molecule is Nc1cc2cn[nH]c2cc1NCC1COCCO1. The highest BCUT2D eigenvalue weighted by Gasteiger charge is 2.14. The Morgan fingerprint density at radius 2 is 2.39 bits per heavy atom. The largest absolute Gasteiger partial charge is 0.397 e. The van der Waals surface area contributed by atoms with Crippen LogP contribution >= 0.6 is 0 Å². The summed E-state index contributed by atoms with van der Waals surface area (Å²) in [6, 6.07) is 3.86. The highest BCUT2D eigenvalue weighted by Crippen LogP contribution is 2.24. The van der Waals surface area contributed by atoms with E-state index in [1.165, 1.54) is 0 Å². The molecule has 1 aliphatic rings. The van der Waals surface area contributed by atoms with E-state index in [1.54, 1.807) is 6.20 Å². The number of benzene rings is 1. The first kappa shape index (κ1) is 11.3. The highest BCUT2D eigenvalue weighted by atomic mass is 16.6. The van der Waals surface area contributed by atoms with Crippen LogP contribution in [0.4, 0.5) is 11.4 Å².